The van der Waals surface area contributed by atoms with Gasteiger partial charge in [-0.2, -0.15) is 0 Å². The Balaban J connectivity index is 2.12. The molecule has 3 atom stereocenters. The van der Waals surface area contributed by atoms with Crippen LogP contribution in [0, 0.1) is 5.92 Å². The smallest absolute Gasteiger partial charge is 0.0412 e. The molecular weight excluding hydrogens is 256 g/mol. The minimum absolute atomic E-state index is 0.619. The van der Waals surface area contributed by atoms with Crippen LogP contribution in [0.25, 0.3) is 0 Å². The summed E-state index contributed by atoms with van der Waals surface area (Å²) in [4.78, 5) is 2.63. The van der Waals surface area contributed by atoms with Crippen molar-refractivity contribution in [3.8, 4) is 0 Å². The van der Waals surface area contributed by atoms with Crippen LogP contribution in [0.15, 0.2) is 24.3 Å². The maximum absolute atomic E-state index is 3.76. The molecule has 1 aromatic carbocycles. The molecule has 1 N–H and O–H groups in total. The first kappa shape index (κ1) is 16.4. The Labute approximate surface area is 130 Å². The summed E-state index contributed by atoms with van der Waals surface area (Å²) in [5, 5.41) is 3.76. The Hall–Kier alpha value is -1.02. The first-order valence-corrected chi connectivity index (χ1v) is 8.78. The van der Waals surface area contributed by atoms with Gasteiger partial charge < -0.3 is 10.2 Å². The van der Waals surface area contributed by atoms with Gasteiger partial charge >= 0.3 is 0 Å². The Morgan fingerprint density at radius 2 is 1.90 bits per heavy atom. The third-order valence-electron chi connectivity index (χ3n) is 5.06. The summed E-state index contributed by atoms with van der Waals surface area (Å²) in [6.07, 6.45) is 4.86. The molecule has 1 heterocycles. The third-order valence-corrected chi connectivity index (χ3v) is 5.06. The van der Waals surface area contributed by atoms with Gasteiger partial charge in [-0.25, -0.2) is 0 Å². The SMILES string of the molecule is CCCc1ccc(N2CC(C(C)CC)NCC2CC)cc1. The van der Waals surface area contributed by atoms with Crippen molar-refractivity contribution in [2.75, 3.05) is 18.0 Å². The van der Waals surface area contributed by atoms with E-state index in [1.165, 1.54) is 36.9 Å². The highest BCUT2D eigenvalue weighted by atomic mass is 15.2. The molecule has 1 saturated heterocycles. The first-order chi connectivity index (χ1) is 10.2. The van der Waals surface area contributed by atoms with Gasteiger partial charge in [-0.05, 0) is 36.5 Å². The van der Waals surface area contributed by atoms with Crippen molar-refractivity contribution in [3.05, 3.63) is 29.8 Å². The van der Waals surface area contributed by atoms with Gasteiger partial charge in [-0.1, -0.05) is 52.7 Å². The van der Waals surface area contributed by atoms with E-state index in [1.54, 1.807) is 0 Å². The first-order valence-electron chi connectivity index (χ1n) is 8.78. The van der Waals surface area contributed by atoms with E-state index in [0.717, 1.165) is 19.0 Å². The van der Waals surface area contributed by atoms with Crippen LogP contribution in [0.5, 0.6) is 0 Å². The summed E-state index contributed by atoms with van der Waals surface area (Å²) in [6, 6.07) is 10.5. The van der Waals surface area contributed by atoms with Gasteiger partial charge in [0.05, 0.1) is 0 Å². The Morgan fingerprint density at radius 3 is 2.48 bits per heavy atom. The molecule has 2 rings (SSSR count). The maximum atomic E-state index is 3.76. The van der Waals surface area contributed by atoms with Gasteiger partial charge in [0.15, 0.2) is 0 Å². The minimum Gasteiger partial charge on any atom is -0.366 e. The molecule has 0 amide bonds. The second-order valence-electron chi connectivity index (χ2n) is 6.53. The molecule has 1 aliphatic rings. The number of aryl methyl sites for hydroxylation is 1. The van der Waals surface area contributed by atoms with E-state index in [4.69, 9.17) is 0 Å². The van der Waals surface area contributed by atoms with Gasteiger partial charge in [-0.3, -0.25) is 0 Å². The average molecular weight is 288 g/mol. The predicted octanol–water partition coefficient (Wildman–Crippen LogP) is 4.24. The standard InChI is InChI=1S/C19H32N2/c1-5-8-16-9-11-18(12-10-16)21-14-19(15(4)6-2)20-13-17(21)7-3/h9-12,15,17,19-20H,5-8,13-14H2,1-4H3. The molecule has 0 radical (unpaired) electrons. The van der Waals surface area contributed by atoms with E-state index in [1.807, 2.05) is 0 Å². The summed E-state index contributed by atoms with van der Waals surface area (Å²) in [7, 11) is 0. The number of benzene rings is 1. The molecule has 1 aromatic rings. The molecule has 3 unspecified atom stereocenters. The van der Waals surface area contributed by atoms with Crippen molar-refractivity contribution in [2.45, 2.75) is 65.5 Å². The fraction of sp³-hybridized carbons (Fsp3) is 0.684. The summed E-state index contributed by atoms with van der Waals surface area (Å²) >= 11 is 0. The lowest BCUT2D eigenvalue weighted by Gasteiger charge is -2.43. The molecule has 0 bridgehead atoms. The van der Waals surface area contributed by atoms with Crippen LogP contribution in [-0.2, 0) is 6.42 Å². The Bertz CT molecular complexity index is 412. The predicted molar refractivity (Wildman–Crippen MR) is 93.1 cm³/mol. The van der Waals surface area contributed by atoms with Crippen LogP contribution in [0.2, 0.25) is 0 Å². The van der Waals surface area contributed by atoms with Crippen molar-refractivity contribution >= 4 is 5.69 Å². The topological polar surface area (TPSA) is 15.3 Å². The zero-order chi connectivity index (χ0) is 15.2. The maximum Gasteiger partial charge on any atom is 0.0412 e. The molecule has 0 spiro atoms. The summed E-state index contributed by atoms with van der Waals surface area (Å²) < 4.78 is 0. The Morgan fingerprint density at radius 1 is 1.19 bits per heavy atom. The fourth-order valence-electron chi connectivity index (χ4n) is 3.31. The minimum atomic E-state index is 0.619. The number of nitrogens with zero attached hydrogens (tertiary/aromatic N) is 1. The van der Waals surface area contributed by atoms with Crippen molar-refractivity contribution in [3.63, 3.8) is 0 Å². The molecule has 1 fully saturated rings. The van der Waals surface area contributed by atoms with Gasteiger partial charge in [0.1, 0.15) is 0 Å². The summed E-state index contributed by atoms with van der Waals surface area (Å²) in [6.45, 7) is 11.5. The van der Waals surface area contributed by atoms with Crippen molar-refractivity contribution in [1.29, 1.82) is 0 Å². The third kappa shape index (κ3) is 4.00. The van der Waals surface area contributed by atoms with Crippen LogP contribution in [0.1, 0.15) is 52.5 Å². The molecule has 2 nitrogen and oxygen atoms in total. The van der Waals surface area contributed by atoms with Gasteiger partial charge in [0.25, 0.3) is 0 Å². The highest BCUT2D eigenvalue weighted by Gasteiger charge is 2.29. The van der Waals surface area contributed by atoms with E-state index in [2.05, 4.69) is 62.2 Å². The monoisotopic (exact) mass is 288 g/mol. The fourth-order valence-corrected chi connectivity index (χ4v) is 3.31. The van der Waals surface area contributed by atoms with Crippen molar-refractivity contribution in [2.24, 2.45) is 5.92 Å². The Kier molecular flexibility index (Phi) is 6.10. The molecule has 118 valence electrons. The van der Waals surface area contributed by atoms with Gasteiger partial charge in [-0.15, -0.1) is 0 Å². The van der Waals surface area contributed by atoms with E-state index in [-0.39, 0.29) is 0 Å². The molecule has 1 aliphatic heterocycles. The van der Waals surface area contributed by atoms with E-state index in [0.29, 0.717) is 12.1 Å². The zero-order valence-corrected chi connectivity index (χ0v) is 14.2. The van der Waals surface area contributed by atoms with Gasteiger partial charge in [0.2, 0.25) is 0 Å². The van der Waals surface area contributed by atoms with Crippen LogP contribution < -0.4 is 10.2 Å². The van der Waals surface area contributed by atoms with Crippen molar-refractivity contribution < 1.29 is 0 Å². The van der Waals surface area contributed by atoms with Crippen LogP contribution in [-0.4, -0.2) is 25.2 Å². The number of rotatable bonds is 6. The van der Waals surface area contributed by atoms with Gasteiger partial charge in [0, 0.05) is 30.9 Å². The lowest BCUT2D eigenvalue weighted by molar-refractivity contribution is 0.306. The molecular formula is C19H32N2. The second kappa shape index (κ2) is 7.84. The van der Waals surface area contributed by atoms with E-state index in [9.17, 15) is 0 Å². The quantitative estimate of drug-likeness (QED) is 0.842. The number of hydrogen-bond donors (Lipinski definition) is 1. The normalized spacial score (nSPS) is 24.1. The summed E-state index contributed by atoms with van der Waals surface area (Å²) in [5.41, 5.74) is 2.86. The molecule has 0 saturated carbocycles. The zero-order valence-electron chi connectivity index (χ0n) is 14.2. The lowest BCUT2D eigenvalue weighted by Crippen LogP contribution is -2.58. The molecule has 0 aliphatic carbocycles. The molecule has 2 heteroatoms. The van der Waals surface area contributed by atoms with Crippen molar-refractivity contribution in [1.82, 2.24) is 5.32 Å². The summed E-state index contributed by atoms with van der Waals surface area (Å²) in [5.74, 6) is 0.740. The number of hydrogen-bond acceptors (Lipinski definition) is 2. The van der Waals surface area contributed by atoms with E-state index < -0.39 is 0 Å². The highest BCUT2D eigenvalue weighted by molar-refractivity contribution is 5.49. The lowest BCUT2D eigenvalue weighted by atomic mass is 9.94. The van der Waals surface area contributed by atoms with Crippen LogP contribution in [0.3, 0.4) is 0 Å². The van der Waals surface area contributed by atoms with Crippen LogP contribution in [0.4, 0.5) is 5.69 Å². The highest BCUT2D eigenvalue weighted by Crippen LogP contribution is 2.24. The number of nitrogens with one attached hydrogen (secondary N) is 1. The number of piperazine rings is 1. The second-order valence-corrected chi connectivity index (χ2v) is 6.53. The number of anilines is 1. The van der Waals surface area contributed by atoms with E-state index >= 15 is 0 Å². The van der Waals surface area contributed by atoms with Crippen LogP contribution >= 0.6 is 0 Å². The molecule has 21 heavy (non-hydrogen) atoms. The molecule has 0 aromatic heterocycles. The average Bonchev–Trinajstić information content (AvgIpc) is 2.54. The largest absolute Gasteiger partial charge is 0.366 e.